The molecular formula is C14H15F2N. The van der Waals surface area contributed by atoms with Crippen molar-refractivity contribution in [3.05, 3.63) is 54.1 Å². The van der Waals surface area contributed by atoms with Crippen LogP contribution in [0.25, 0.3) is 11.1 Å². The zero-order valence-corrected chi connectivity index (χ0v) is 8.80. The van der Waals surface area contributed by atoms with E-state index in [2.05, 4.69) is 5.32 Å². The Kier molecular flexibility index (Phi) is 4.21. The van der Waals surface area contributed by atoms with E-state index in [1.54, 1.807) is 37.4 Å². The second-order valence-corrected chi connectivity index (χ2v) is 3.40. The van der Waals surface area contributed by atoms with E-state index in [0.717, 1.165) is 0 Å². The van der Waals surface area contributed by atoms with Gasteiger partial charge in [-0.2, -0.15) is 0 Å². The first-order chi connectivity index (χ1) is 7.74. The fraction of sp³-hybridized carbons (Fsp3) is 0.143. The zero-order chi connectivity index (χ0) is 11.5. The van der Waals surface area contributed by atoms with Crippen molar-refractivity contribution in [3.8, 4) is 11.1 Å². The molecule has 1 N–H and O–H groups in total. The minimum atomic E-state index is -0.844. The van der Waals surface area contributed by atoms with Gasteiger partial charge in [0.15, 0.2) is 11.6 Å². The SMILES string of the molecule is C.CNc1ccc(-c2ccccc2)c(F)c1F. The molecule has 0 heterocycles. The van der Waals surface area contributed by atoms with Gasteiger partial charge in [0.05, 0.1) is 5.69 Å². The Bertz CT molecular complexity index is 495. The van der Waals surface area contributed by atoms with Crippen LogP contribution >= 0.6 is 0 Å². The van der Waals surface area contributed by atoms with Gasteiger partial charge in [0.1, 0.15) is 0 Å². The van der Waals surface area contributed by atoms with Gasteiger partial charge in [0, 0.05) is 12.6 Å². The second kappa shape index (κ2) is 5.43. The summed E-state index contributed by atoms with van der Waals surface area (Å²) in [7, 11) is 1.56. The standard InChI is InChI=1S/C13H11F2N.CH4/c1-16-11-8-7-10(12(14)13(11)15)9-5-3-2-4-6-9;/h2-8,16H,1H3;1H4. The van der Waals surface area contributed by atoms with Gasteiger partial charge < -0.3 is 5.32 Å². The lowest BCUT2D eigenvalue weighted by atomic mass is 10.0. The van der Waals surface area contributed by atoms with Gasteiger partial charge in [-0.1, -0.05) is 37.8 Å². The van der Waals surface area contributed by atoms with Gasteiger partial charge in [-0.05, 0) is 17.7 Å². The van der Waals surface area contributed by atoms with Gasteiger partial charge in [-0.15, -0.1) is 0 Å². The summed E-state index contributed by atoms with van der Waals surface area (Å²) in [4.78, 5) is 0. The minimum Gasteiger partial charge on any atom is -0.386 e. The molecule has 0 aromatic heterocycles. The van der Waals surface area contributed by atoms with Crippen LogP contribution in [0.3, 0.4) is 0 Å². The van der Waals surface area contributed by atoms with Crippen molar-refractivity contribution in [3.63, 3.8) is 0 Å². The molecule has 0 spiro atoms. The van der Waals surface area contributed by atoms with E-state index in [-0.39, 0.29) is 18.7 Å². The number of hydrogen-bond acceptors (Lipinski definition) is 1. The van der Waals surface area contributed by atoms with E-state index in [0.29, 0.717) is 5.56 Å². The molecule has 0 saturated carbocycles. The van der Waals surface area contributed by atoms with Crippen LogP contribution in [0.15, 0.2) is 42.5 Å². The molecular weight excluding hydrogens is 220 g/mol. The van der Waals surface area contributed by atoms with E-state index >= 15 is 0 Å². The van der Waals surface area contributed by atoms with Gasteiger partial charge in [-0.3, -0.25) is 0 Å². The normalized spacial score (nSPS) is 9.59. The topological polar surface area (TPSA) is 12.0 Å². The molecule has 0 radical (unpaired) electrons. The molecule has 0 atom stereocenters. The Morgan fingerprint density at radius 1 is 0.882 bits per heavy atom. The van der Waals surface area contributed by atoms with Gasteiger partial charge >= 0.3 is 0 Å². The first-order valence-electron chi connectivity index (χ1n) is 4.95. The molecule has 3 heteroatoms. The first-order valence-corrected chi connectivity index (χ1v) is 4.95. The summed E-state index contributed by atoms with van der Waals surface area (Å²) in [6.45, 7) is 0. The predicted octanol–water partition coefficient (Wildman–Crippen LogP) is 4.31. The van der Waals surface area contributed by atoms with Crippen molar-refractivity contribution >= 4 is 5.69 Å². The molecule has 2 aromatic rings. The van der Waals surface area contributed by atoms with E-state index in [1.165, 1.54) is 6.07 Å². The Balaban J connectivity index is 0.00000144. The van der Waals surface area contributed by atoms with E-state index in [1.807, 2.05) is 6.07 Å². The summed E-state index contributed by atoms with van der Waals surface area (Å²) < 4.78 is 27.2. The maximum Gasteiger partial charge on any atom is 0.182 e. The molecule has 0 amide bonds. The average Bonchev–Trinajstić information content (AvgIpc) is 2.34. The highest BCUT2D eigenvalue weighted by Gasteiger charge is 2.13. The summed E-state index contributed by atoms with van der Waals surface area (Å²) in [5.41, 5.74) is 1.11. The smallest absolute Gasteiger partial charge is 0.182 e. The molecule has 1 nitrogen and oxygen atoms in total. The van der Waals surface area contributed by atoms with Gasteiger partial charge in [0.2, 0.25) is 0 Å². The monoisotopic (exact) mass is 235 g/mol. The predicted molar refractivity (Wildman–Crippen MR) is 68.1 cm³/mol. The zero-order valence-electron chi connectivity index (χ0n) is 8.80. The van der Waals surface area contributed by atoms with Crippen LogP contribution in [0.1, 0.15) is 7.43 Å². The molecule has 0 bridgehead atoms. The third kappa shape index (κ3) is 2.44. The van der Waals surface area contributed by atoms with Crippen molar-refractivity contribution in [2.45, 2.75) is 7.43 Å². The summed E-state index contributed by atoms with van der Waals surface area (Å²) in [6, 6.07) is 12.0. The third-order valence-corrected chi connectivity index (χ3v) is 2.44. The quantitative estimate of drug-likeness (QED) is 0.817. The van der Waals surface area contributed by atoms with Crippen LogP contribution in [0, 0.1) is 11.6 Å². The Hall–Kier alpha value is -1.90. The molecule has 2 aromatic carbocycles. The van der Waals surface area contributed by atoms with Crippen molar-refractivity contribution in [1.82, 2.24) is 0 Å². The Morgan fingerprint density at radius 2 is 1.53 bits per heavy atom. The molecule has 0 aliphatic rings. The summed E-state index contributed by atoms with van der Waals surface area (Å²) in [5, 5.41) is 2.60. The van der Waals surface area contributed by atoms with Crippen molar-refractivity contribution in [2.24, 2.45) is 0 Å². The fourth-order valence-electron chi connectivity index (χ4n) is 1.58. The van der Waals surface area contributed by atoms with Crippen LogP contribution < -0.4 is 5.32 Å². The molecule has 17 heavy (non-hydrogen) atoms. The van der Waals surface area contributed by atoms with Crippen LogP contribution in [-0.4, -0.2) is 7.05 Å². The minimum absolute atomic E-state index is 0. The molecule has 0 unspecified atom stereocenters. The summed E-state index contributed by atoms with van der Waals surface area (Å²) in [5.74, 6) is -1.66. The summed E-state index contributed by atoms with van der Waals surface area (Å²) >= 11 is 0. The highest BCUT2D eigenvalue weighted by Crippen LogP contribution is 2.27. The van der Waals surface area contributed by atoms with Crippen molar-refractivity contribution < 1.29 is 8.78 Å². The molecule has 2 rings (SSSR count). The van der Waals surface area contributed by atoms with Gasteiger partial charge in [-0.25, -0.2) is 8.78 Å². The lowest BCUT2D eigenvalue weighted by molar-refractivity contribution is 0.514. The molecule has 0 saturated heterocycles. The number of nitrogens with one attached hydrogen (secondary N) is 1. The van der Waals surface area contributed by atoms with Crippen molar-refractivity contribution in [1.29, 1.82) is 0 Å². The van der Waals surface area contributed by atoms with E-state index in [9.17, 15) is 8.78 Å². The lowest BCUT2D eigenvalue weighted by Gasteiger charge is -2.07. The highest BCUT2D eigenvalue weighted by atomic mass is 19.2. The first kappa shape index (κ1) is 13.2. The van der Waals surface area contributed by atoms with Crippen LogP contribution in [0.4, 0.5) is 14.5 Å². The maximum atomic E-state index is 13.7. The Morgan fingerprint density at radius 3 is 2.12 bits per heavy atom. The number of benzene rings is 2. The number of anilines is 1. The number of hydrogen-bond donors (Lipinski definition) is 1. The van der Waals surface area contributed by atoms with Crippen LogP contribution in [0.2, 0.25) is 0 Å². The third-order valence-electron chi connectivity index (χ3n) is 2.44. The highest BCUT2D eigenvalue weighted by molar-refractivity contribution is 5.67. The lowest BCUT2D eigenvalue weighted by Crippen LogP contribution is -1.97. The Labute approximate surface area is 100 Å². The van der Waals surface area contributed by atoms with E-state index in [4.69, 9.17) is 0 Å². The second-order valence-electron chi connectivity index (χ2n) is 3.40. The largest absolute Gasteiger partial charge is 0.386 e. The molecule has 0 fully saturated rings. The summed E-state index contributed by atoms with van der Waals surface area (Å²) in [6.07, 6.45) is 0. The molecule has 0 aliphatic carbocycles. The average molecular weight is 235 g/mol. The molecule has 90 valence electrons. The van der Waals surface area contributed by atoms with E-state index < -0.39 is 11.6 Å². The number of rotatable bonds is 2. The fourth-order valence-corrected chi connectivity index (χ4v) is 1.58. The number of halogens is 2. The molecule has 0 aliphatic heterocycles. The van der Waals surface area contributed by atoms with Crippen LogP contribution in [0.5, 0.6) is 0 Å². The van der Waals surface area contributed by atoms with Crippen molar-refractivity contribution in [2.75, 3.05) is 12.4 Å². The maximum absolute atomic E-state index is 13.7. The van der Waals surface area contributed by atoms with Gasteiger partial charge in [0.25, 0.3) is 0 Å². The van der Waals surface area contributed by atoms with Crippen LogP contribution in [-0.2, 0) is 0 Å².